The zero-order valence-corrected chi connectivity index (χ0v) is 9.31. The molecule has 0 amide bonds. The number of rotatable bonds is 3. The second-order valence-electron chi connectivity index (χ2n) is 3.36. The number of nitrogens with one attached hydrogen (secondary N) is 2. The Labute approximate surface area is 99.1 Å². The lowest BCUT2D eigenvalue weighted by molar-refractivity contribution is 1.18. The molecule has 2 N–H and O–H groups in total. The maximum Gasteiger partial charge on any atom is 0.151 e. The highest BCUT2D eigenvalue weighted by atomic mass is 15.1. The fraction of sp³-hybridized carbons (Fsp3) is 0.0833. The normalized spacial score (nSPS) is 9.41. The van der Waals surface area contributed by atoms with Gasteiger partial charge in [-0.1, -0.05) is 6.07 Å². The van der Waals surface area contributed by atoms with Crippen molar-refractivity contribution < 1.29 is 0 Å². The first-order valence-electron chi connectivity index (χ1n) is 5.09. The maximum atomic E-state index is 8.79. The number of benzene rings is 1. The van der Waals surface area contributed by atoms with E-state index in [0.29, 0.717) is 17.2 Å². The van der Waals surface area contributed by atoms with Crippen LogP contribution in [0.4, 0.5) is 17.3 Å². The molecule has 0 aliphatic rings. The smallest absolute Gasteiger partial charge is 0.151 e. The molecule has 17 heavy (non-hydrogen) atoms. The van der Waals surface area contributed by atoms with Crippen LogP contribution in [-0.2, 0) is 0 Å². The average molecular weight is 225 g/mol. The summed E-state index contributed by atoms with van der Waals surface area (Å²) in [7, 11) is 1.78. The minimum absolute atomic E-state index is 0.604. The molecule has 0 unspecified atom stereocenters. The molecule has 1 heterocycles. The second kappa shape index (κ2) is 4.94. The molecule has 0 radical (unpaired) electrons. The van der Waals surface area contributed by atoms with Crippen LogP contribution < -0.4 is 10.6 Å². The first-order chi connectivity index (χ1) is 8.31. The van der Waals surface area contributed by atoms with E-state index in [1.165, 1.54) is 0 Å². The van der Waals surface area contributed by atoms with Crippen molar-refractivity contribution in [3.05, 3.63) is 42.2 Å². The summed E-state index contributed by atoms with van der Waals surface area (Å²) in [6, 6.07) is 9.28. The Morgan fingerprint density at radius 1 is 1.24 bits per heavy atom. The Morgan fingerprint density at radius 3 is 2.82 bits per heavy atom. The summed E-state index contributed by atoms with van der Waals surface area (Å²) in [5.41, 5.74) is 1.42. The van der Waals surface area contributed by atoms with Crippen molar-refractivity contribution in [1.82, 2.24) is 9.97 Å². The number of aromatic nitrogens is 2. The van der Waals surface area contributed by atoms with Gasteiger partial charge in [-0.15, -0.1) is 0 Å². The lowest BCUT2D eigenvalue weighted by Gasteiger charge is -2.06. The monoisotopic (exact) mass is 225 g/mol. The molecule has 0 fully saturated rings. The van der Waals surface area contributed by atoms with E-state index in [0.717, 1.165) is 5.69 Å². The minimum Gasteiger partial charge on any atom is -0.372 e. The molecule has 0 saturated carbocycles. The predicted octanol–water partition coefficient (Wildman–Crippen LogP) is 2.13. The summed E-state index contributed by atoms with van der Waals surface area (Å²) >= 11 is 0. The zero-order chi connectivity index (χ0) is 12.1. The van der Waals surface area contributed by atoms with Crippen LogP contribution in [0.25, 0.3) is 0 Å². The Kier molecular flexibility index (Phi) is 3.17. The average Bonchev–Trinajstić information content (AvgIpc) is 2.39. The maximum absolute atomic E-state index is 8.79. The molecule has 0 spiro atoms. The van der Waals surface area contributed by atoms with E-state index in [4.69, 9.17) is 5.26 Å². The zero-order valence-electron chi connectivity index (χ0n) is 9.31. The van der Waals surface area contributed by atoms with Gasteiger partial charge in [0.25, 0.3) is 0 Å². The number of hydrogen-bond acceptors (Lipinski definition) is 5. The molecule has 1 aromatic heterocycles. The number of nitriles is 1. The van der Waals surface area contributed by atoms with Gasteiger partial charge < -0.3 is 10.6 Å². The molecule has 5 nitrogen and oxygen atoms in total. The molecule has 0 bridgehead atoms. The third-order valence-corrected chi connectivity index (χ3v) is 2.15. The lowest BCUT2D eigenvalue weighted by atomic mass is 10.2. The third-order valence-electron chi connectivity index (χ3n) is 2.15. The summed E-state index contributed by atoms with van der Waals surface area (Å²) in [6.07, 6.45) is 3.26. The quantitative estimate of drug-likeness (QED) is 0.837. The standard InChI is InChI=1S/C12H11N5/c1-14-11-7-15-8-12(17-11)16-10-4-2-3-9(5-10)6-13/h2-5,7-8H,1H3,(H2,14,16,17). The molecule has 0 aliphatic carbocycles. The molecule has 1 aromatic carbocycles. The van der Waals surface area contributed by atoms with Crippen LogP contribution in [0.3, 0.4) is 0 Å². The van der Waals surface area contributed by atoms with Crippen LogP contribution in [0.15, 0.2) is 36.7 Å². The van der Waals surface area contributed by atoms with Crippen LogP contribution in [-0.4, -0.2) is 17.0 Å². The van der Waals surface area contributed by atoms with E-state index in [-0.39, 0.29) is 0 Å². The first-order valence-corrected chi connectivity index (χ1v) is 5.09. The number of anilines is 3. The number of hydrogen-bond donors (Lipinski definition) is 2. The van der Waals surface area contributed by atoms with Gasteiger partial charge in [-0.25, -0.2) is 4.98 Å². The van der Waals surface area contributed by atoms with Gasteiger partial charge >= 0.3 is 0 Å². The molecule has 0 saturated heterocycles. The van der Waals surface area contributed by atoms with Gasteiger partial charge in [0.1, 0.15) is 5.82 Å². The molecular weight excluding hydrogens is 214 g/mol. The van der Waals surface area contributed by atoms with E-state index >= 15 is 0 Å². The second-order valence-corrected chi connectivity index (χ2v) is 3.36. The van der Waals surface area contributed by atoms with E-state index in [2.05, 4.69) is 26.7 Å². The highest BCUT2D eigenvalue weighted by Gasteiger charge is 1.99. The van der Waals surface area contributed by atoms with Crippen molar-refractivity contribution in [3.63, 3.8) is 0 Å². The van der Waals surface area contributed by atoms with Crippen molar-refractivity contribution in [2.24, 2.45) is 0 Å². The van der Waals surface area contributed by atoms with Crippen LogP contribution in [0, 0.1) is 11.3 Å². The van der Waals surface area contributed by atoms with Gasteiger partial charge in [0.2, 0.25) is 0 Å². The summed E-state index contributed by atoms with van der Waals surface area (Å²) < 4.78 is 0. The predicted molar refractivity (Wildman–Crippen MR) is 66.0 cm³/mol. The molecule has 5 heteroatoms. The summed E-state index contributed by atoms with van der Waals surface area (Å²) in [6.45, 7) is 0. The van der Waals surface area contributed by atoms with Crippen molar-refractivity contribution in [1.29, 1.82) is 5.26 Å². The van der Waals surface area contributed by atoms with Gasteiger partial charge in [-0.3, -0.25) is 4.98 Å². The van der Waals surface area contributed by atoms with Crippen LogP contribution in [0.2, 0.25) is 0 Å². The van der Waals surface area contributed by atoms with Crippen molar-refractivity contribution in [2.75, 3.05) is 17.7 Å². The van der Waals surface area contributed by atoms with E-state index in [1.54, 1.807) is 31.6 Å². The van der Waals surface area contributed by atoms with Crippen LogP contribution >= 0.6 is 0 Å². The number of nitrogens with zero attached hydrogens (tertiary/aromatic N) is 3. The summed E-state index contributed by atoms with van der Waals surface area (Å²) in [5, 5.41) is 14.8. The van der Waals surface area contributed by atoms with Crippen LogP contribution in [0.1, 0.15) is 5.56 Å². The third kappa shape index (κ3) is 2.69. The highest BCUT2D eigenvalue weighted by molar-refractivity contribution is 5.58. The van der Waals surface area contributed by atoms with Crippen molar-refractivity contribution in [2.45, 2.75) is 0 Å². The van der Waals surface area contributed by atoms with Crippen LogP contribution in [0.5, 0.6) is 0 Å². The van der Waals surface area contributed by atoms with Gasteiger partial charge in [0, 0.05) is 12.7 Å². The van der Waals surface area contributed by atoms with Gasteiger partial charge in [0.05, 0.1) is 24.0 Å². The summed E-state index contributed by atoms with van der Waals surface area (Å²) in [4.78, 5) is 8.32. The van der Waals surface area contributed by atoms with Crippen molar-refractivity contribution in [3.8, 4) is 6.07 Å². The van der Waals surface area contributed by atoms with E-state index < -0.39 is 0 Å². The largest absolute Gasteiger partial charge is 0.372 e. The highest BCUT2D eigenvalue weighted by Crippen LogP contribution is 2.16. The molecule has 0 aliphatic heterocycles. The van der Waals surface area contributed by atoms with E-state index in [1.807, 2.05) is 12.1 Å². The Morgan fingerprint density at radius 2 is 2.06 bits per heavy atom. The van der Waals surface area contributed by atoms with Gasteiger partial charge in [-0.2, -0.15) is 5.26 Å². The fourth-order valence-electron chi connectivity index (χ4n) is 1.36. The van der Waals surface area contributed by atoms with Gasteiger partial charge in [-0.05, 0) is 18.2 Å². The summed E-state index contributed by atoms with van der Waals surface area (Å²) in [5.74, 6) is 1.32. The Balaban J connectivity index is 2.22. The SMILES string of the molecule is CNc1cncc(Nc2cccc(C#N)c2)n1. The van der Waals surface area contributed by atoms with Gasteiger partial charge in [0.15, 0.2) is 5.82 Å². The topological polar surface area (TPSA) is 73.6 Å². The molecule has 0 atom stereocenters. The lowest BCUT2D eigenvalue weighted by Crippen LogP contribution is -1.98. The first kappa shape index (κ1) is 10.9. The Bertz CT molecular complexity index is 559. The van der Waals surface area contributed by atoms with E-state index in [9.17, 15) is 0 Å². The molecule has 84 valence electrons. The van der Waals surface area contributed by atoms with Crippen molar-refractivity contribution >= 4 is 17.3 Å². The molecular formula is C12H11N5. The molecule has 2 aromatic rings. The molecule has 2 rings (SSSR count). The Hall–Kier alpha value is -2.61. The minimum atomic E-state index is 0.604. The fourth-order valence-corrected chi connectivity index (χ4v) is 1.36.